The molecule has 0 bridgehead atoms. The van der Waals surface area contributed by atoms with Crippen molar-refractivity contribution in [3.05, 3.63) is 24.0 Å². The molecule has 0 saturated carbocycles. The van der Waals surface area contributed by atoms with Gasteiger partial charge in [-0.3, -0.25) is 9.69 Å². The molecule has 3 heterocycles. The fourth-order valence-corrected chi connectivity index (χ4v) is 3.70. The highest BCUT2D eigenvalue weighted by Crippen LogP contribution is 2.20. The smallest absolute Gasteiger partial charge is 0.270 e. The standard InChI is InChI=1S/C17H28N4O2/c1-18-10-12-20(13-11-18)14-5-8-21(9-6-16(14)22)17(23)15-4-3-7-19(15)2/h3-4,7,14,16,22H,5-6,8-13H2,1-2H3/t14-,16-/m0/s1. The molecular weight excluding hydrogens is 292 g/mol. The van der Waals surface area contributed by atoms with Crippen LogP contribution in [0.5, 0.6) is 0 Å². The summed E-state index contributed by atoms with van der Waals surface area (Å²) >= 11 is 0. The molecule has 23 heavy (non-hydrogen) atoms. The Balaban J connectivity index is 1.64. The Labute approximate surface area is 138 Å². The molecule has 2 aliphatic heterocycles. The molecule has 0 aliphatic carbocycles. The largest absolute Gasteiger partial charge is 0.391 e. The number of aromatic nitrogens is 1. The van der Waals surface area contributed by atoms with Crippen LogP contribution in [0, 0.1) is 0 Å². The van der Waals surface area contributed by atoms with Gasteiger partial charge in [-0.05, 0) is 32.0 Å². The molecule has 0 unspecified atom stereocenters. The van der Waals surface area contributed by atoms with Gasteiger partial charge in [0.25, 0.3) is 5.91 Å². The normalized spacial score (nSPS) is 27.9. The van der Waals surface area contributed by atoms with Gasteiger partial charge in [-0.15, -0.1) is 0 Å². The Morgan fingerprint density at radius 1 is 1.09 bits per heavy atom. The van der Waals surface area contributed by atoms with E-state index in [1.54, 1.807) is 0 Å². The van der Waals surface area contributed by atoms with E-state index in [0.717, 1.165) is 44.8 Å². The summed E-state index contributed by atoms with van der Waals surface area (Å²) in [5, 5.41) is 10.6. The Morgan fingerprint density at radius 2 is 1.78 bits per heavy atom. The van der Waals surface area contributed by atoms with Crippen molar-refractivity contribution >= 4 is 5.91 Å². The van der Waals surface area contributed by atoms with Crippen molar-refractivity contribution in [2.24, 2.45) is 7.05 Å². The SMILES string of the molecule is CN1CCN([C@H]2CCN(C(=O)c3cccn3C)CC[C@@H]2O)CC1. The molecule has 2 aliphatic rings. The molecule has 1 N–H and O–H groups in total. The first-order valence-electron chi connectivity index (χ1n) is 8.57. The van der Waals surface area contributed by atoms with Crippen molar-refractivity contribution in [2.75, 3.05) is 46.3 Å². The van der Waals surface area contributed by atoms with Crippen LogP contribution in [-0.2, 0) is 7.05 Å². The lowest BCUT2D eigenvalue weighted by Crippen LogP contribution is -2.52. The van der Waals surface area contributed by atoms with E-state index in [-0.39, 0.29) is 18.1 Å². The van der Waals surface area contributed by atoms with E-state index in [1.165, 1.54) is 0 Å². The van der Waals surface area contributed by atoms with Crippen LogP contribution in [0.4, 0.5) is 0 Å². The lowest BCUT2D eigenvalue weighted by molar-refractivity contribution is 0.0224. The van der Waals surface area contributed by atoms with E-state index in [4.69, 9.17) is 0 Å². The molecule has 3 rings (SSSR count). The maximum Gasteiger partial charge on any atom is 0.270 e. The summed E-state index contributed by atoms with van der Waals surface area (Å²) in [5.74, 6) is 0.0729. The minimum atomic E-state index is -0.343. The van der Waals surface area contributed by atoms with Gasteiger partial charge in [0, 0.05) is 58.6 Å². The van der Waals surface area contributed by atoms with Gasteiger partial charge in [0.2, 0.25) is 0 Å². The van der Waals surface area contributed by atoms with Gasteiger partial charge >= 0.3 is 0 Å². The third kappa shape index (κ3) is 3.59. The molecule has 6 nitrogen and oxygen atoms in total. The topological polar surface area (TPSA) is 52.0 Å². The molecule has 1 aromatic heterocycles. The number of carbonyl (C=O) groups is 1. The molecule has 1 aromatic rings. The predicted molar refractivity (Wildman–Crippen MR) is 89.4 cm³/mol. The van der Waals surface area contributed by atoms with Crippen molar-refractivity contribution < 1.29 is 9.90 Å². The fourth-order valence-electron chi connectivity index (χ4n) is 3.70. The van der Waals surface area contributed by atoms with Crippen molar-refractivity contribution in [1.82, 2.24) is 19.3 Å². The number of hydrogen-bond donors (Lipinski definition) is 1. The molecule has 128 valence electrons. The zero-order valence-electron chi connectivity index (χ0n) is 14.2. The second kappa shape index (κ2) is 7.03. The first-order chi connectivity index (χ1) is 11.1. The van der Waals surface area contributed by atoms with Gasteiger partial charge in [-0.1, -0.05) is 0 Å². The lowest BCUT2D eigenvalue weighted by atomic mass is 10.0. The van der Waals surface area contributed by atoms with Crippen molar-refractivity contribution in [2.45, 2.75) is 25.0 Å². The van der Waals surface area contributed by atoms with Crippen molar-refractivity contribution in [3.63, 3.8) is 0 Å². The number of hydrogen-bond acceptors (Lipinski definition) is 4. The quantitative estimate of drug-likeness (QED) is 0.848. The maximum atomic E-state index is 12.7. The molecular formula is C17H28N4O2. The minimum absolute atomic E-state index is 0.0729. The minimum Gasteiger partial charge on any atom is -0.391 e. The number of likely N-dealkylation sites (tertiary alicyclic amines) is 1. The third-order valence-electron chi connectivity index (χ3n) is 5.29. The molecule has 2 fully saturated rings. The molecule has 2 atom stereocenters. The average Bonchev–Trinajstić information content (AvgIpc) is 2.87. The summed E-state index contributed by atoms with van der Waals surface area (Å²) in [7, 11) is 4.04. The van der Waals surface area contributed by atoms with Gasteiger partial charge in [0.05, 0.1) is 6.10 Å². The number of aliphatic hydroxyl groups excluding tert-OH is 1. The summed E-state index contributed by atoms with van der Waals surface area (Å²) in [6, 6.07) is 3.93. The van der Waals surface area contributed by atoms with E-state index in [0.29, 0.717) is 13.0 Å². The zero-order chi connectivity index (χ0) is 16.4. The summed E-state index contributed by atoms with van der Waals surface area (Å²) < 4.78 is 1.86. The number of carbonyl (C=O) groups excluding carboxylic acids is 1. The Hall–Kier alpha value is -1.37. The molecule has 2 saturated heterocycles. The van der Waals surface area contributed by atoms with Crippen molar-refractivity contribution in [1.29, 1.82) is 0 Å². The Kier molecular flexibility index (Phi) is 5.04. The van der Waals surface area contributed by atoms with Crippen LogP contribution in [0.3, 0.4) is 0 Å². The van der Waals surface area contributed by atoms with Crippen LogP contribution >= 0.6 is 0 Å². The summed E-state index contributed by atoms with van der Waals surface area (Å²) in [5.41, 5.74) is 0.720. The van der Waals surface area contributed by atoms with Crippen molar-refractivity contribution in [3.8, 4) is 0 Å². The van der Waals surface area contributed by atoms with Crippen LogP contribution < -0.4 is 0 Å². The van der Waals surface area contributed by atoms with Gasteiger partial charge in [0.15, 0.2) is 0 Å². The van der Waals surface area contributed by atoms with Crippen LogP contribution in [0.25, 0.3) is 0 Å². The fraction of sp³-hybridized carbons (Fsp3) is 0.706. The summed E-state index contributed by atoms with van der Waals surface area (Å²) in [4.78, 5) is 19.3. The second-order valence-corrected chi connectivity index (χ2v) is 6.85. The van der Waals surface area contributed by atoms with Gasteiger partial charge < -0.3 is 19.5 Å². The molecule has 0 radical (unpaired) electrons. The second-order valence-electron chi connectivity index (χ2n) is 6.85. The van der Waals surface area contributed by atoms with Crippen LogP contribution in [0.1, 0.15) is 23.3 Å². The number of likely N-dealkylation sites (N-methyl/N-ethyl adjacent to an activating group) is 1. The molecule has 0 spiro atoms. The van der Waals surface area contributed by atoms with Crippen LogP contribution in [0.2, 0.25) is 0 Å². The third-order valence-corrected chi connectivity index (χ3v) is 5.29. The number of aliphatic hydroxyl groups is 1. The number of aryl methyl sites for hydroxylation is 1. The first kappa shape index (κ1) is 16.5. The molecule has 6 heteroatoms. The number of rotatable bonds is 2. The number of piperazine rings is 1. The van der Waals surface area contributed by atoms with Gasteiger partial charge in [-0.2, -0.15) is 0 Å². The van der Waals surface area contributed by atoms with Gasteiger partial charge in [-0.25, -0.2) is 0 Å². The maximum absolute atomic E-state index is 12.7. The summed E-state index contributed by atoms with van der Waals surface area (Å²) in [6.45, 7) is 5.46. The summed E-state index contributed by atoms with van der Waals surface area (Å²) in [6.07, 6.45) is 3.06. The highest BCUT2D eigenvalue weighted by Gasteiger charge is 2.32. The van der Waals surface area contributed by atoms with E-state index >= 15 is 0 Å². The van der Waals surface area contributed by atoms with Crippen LogP contribution in [0.15, 0.2) is 18.3 Å². The highest BCUT2D eigenvalue weighted by atomic mass is 16.3. The average molecular weight is 320 g/mol. The van der Waals surface area contributed by atoms with E-state index in [2.05, 4.69) is 16.8 Å². The number of amides is 1. The lowest BCUT2D eigenvalue weighted by Gasteiger charge is -2.39. The monoisotopic (exact) mass is 320 g/mol. The number of nitrogens with zero attached hydrogens (tertiary/aromatic N) is 4. The van der Waals surface area contributed by atoms with E-state index < -0.39 is 0 Å². The molecule has 1 amide bonds. The zero-order valence-corrected chi connectivity index (χ0v) is 14.2. The Morgan fingerprint density at radius 3 is 2.43 bits per heavy atom. The van der Waals surface area contributed by atoms with E-state index in [9.17, 15) is 9.90 Å². The highest BCUT2D eigenvalue weighted by molar-refractivity contribution is 5.92. The van der Waals surface area contributed by atoms with E-state index in [1.807, 2.05) is 34.8 Å². The van der Waals surface area contributed by atoms with Crippen LogP contribution in [-0.4, -0.2) is 88.7 Å². The Bertz CT molecular complexity index is 536. The molecule has 0 aromatic carbocycles. The predicted octanol–water partition coefficient (Wildman–Crippen LogP) is 0.238. The van der Waals surface area contributed by atoms with Gasteiger partial charge in [0.1, 0.15) is 5.69 Å². The first-order valence-corrected chi connectivity index (χ1v) is 8.57.